The zero-order valence-electron chi connectivity index (χ0n) is 14.6. The molecule has 2 atom stereocenters. The van der Waals surface area contributed by atoms with Crippen LogP contribution in [0, 0.1) is 0 Å². The van der Waals surface area contributed by atoms with E-state index in [1.165, 1.54) is 0 Å². The van der Waals surface area contributed by atoms with Gasteiger partial charge in [0.25, 0.3) is 0 Å². The number of thiol groups is 1. The van der Waals surface area contributed by atoms with Crippen molar-refractivity contribution in [3.05, 3.63) is 83.9 Å². The lowest BCUT2D eigenvalue weighted by atomic mass is 9.93. The standard InChI is InChI=1S/C22H21NO2S/c1-15(18-13-7-11-17-10-5-6-12-19(17)18)21(24)23-20(22(25)26)14-16-8-3-2-4-9-16/h2-13,15,20H,14H2,1H3,(H,23,24)(H,25,26). The lowest BCUT2D eigenvalue weighted by molar-refractivity contribution is -0.125. The molecule has 0 fully saturated rings. The van der Waals surface area contributed by atoms with Crippen LogP contribution < -0.4 is 5.32 Å². The molecule has 1 amide bonds. The highest BCUT2D eigenvalue weighted by Crippen LogP contribution is 2.26. The van der Waals surface area contributed by atoms with Crippen LogP contribution in [0.4, 0.5) is 0 Å². The first-order chi connectivity index (χ1) is 12.6. The van der Waals surface area contributed by atoms with Crippen molar-refractivity contribution in [1.29, 1.82) is 0 Å². The van der Waals surface area contributed by atoms with Gasteiger partial charge in [0.2, 0.25) is 11.0 Å². The van der Waals surface area contributed by atoms with Crippen LogP contribution in [-0.4, -0.2) is 17.1 Å². The molecule has 0 spiro atoms. The fraction of sp³-hybridized carbons (Fsp3) is 0.182. The fourth-order valence-electron chi connectivity index (χ4n) is 3.12. The van der Waals surface area contributed by atoms with Gasteiger partial charge in [-0.2, -0.15) is 0 Å². The molecular formula is C22H21NO2S. The summed E-state index contributed by atoms with van der Waals surface area (Å²) >= 11 is 3.96. The third-order valence-corrected chi connectivity index (χ3v) is 4.89. The minimum Gasteiger partial charge on any atom is -0.345 e. The van der Waals surface area contributed by atoms with Crippen molar-refractivity contribution in [3.8, 4) is 0 Å². The van der Waals surface area contributed by atoms with Crippen LogP contribution >= 0.6 is 12.6 Å². The molecule has 3 aromatic carbocycles. The van der Waals surface area contributed by atoms with E-state index in [1.54, 1.807) is 0 Å². The first-order valence-electron chi connectivity index (χ1n) is 8.61. The topological polar surface area (TPSA) is 46.2 Å². The Kier molecular flexibility index (Phi) is 5.74. The van der Waals surface area contributed by atoms with Gasteiger partial charge < -0.3 is 5.32 Å². The Bertz CT molecular complexity index is 918. The van der Waals surface area contributed by atoms with E-state index in [0.29, 0.717) is 6.42 Å². The molecule has 0 aliphatic carbocycles. The number of carbonyl (C=O) groups excluding carboxylic acids is 2. The smallest absolute Gasteiger partial charge is 0.227 e. The largest absolute Gasteiger partial charge is 0.345 e. The number of fused-ring (bicyclic) bond motifs is 1. The molecule has 0 aliphatic rings. The van der Waals surface area contributed by atoms with Gasteiger partial charge in [0.1, 0.15) is 6.04 Å². The quantitative estimate of drug-likeness (QED) is 0.647. The molecule has 0 aromatic heterocycles. The third-order valence-electron chi connectivity index (χ3n) is 4.58. The lowest BCUT2D eigenvalue weighted by Gasteiger charge is -2.20. The summed E-state index contributed by atoms with van der Waals surface area (Å²) in [5, 5.41) is 4.67. The van der Waals surface area contributed by atoms with E-state index < -0.39 is 6.04 Å². The highest BCUT2D eigenvalue weighted by molar-refractivity contribution is 7.96. The van der Waals surface area contributed by atoms with Crippen molar-refractivity contribution in [2.45, 2.75) is 25.3 Å². The second-order valence-corrected chi connectivity index (χ2v) is 6.82. The zero-order valence-corrected chi connectivity index (χ0v) is 15.4. The van der Waals surface area contributed by atoms with Crippen molar-refractivity contribution >= 4 is 34.4 Å². The minimum atomic E-state index is -0.648. The average Bonchev–Trinajstić information content (AvgIpc) is 2.67. The summed E-state index contributed by atoms with van der Waals surface area (Å²) in [6.45, 7) is 1.86. The predicted octanol–water partition coefficient (Wildman–Crippen LogP) is 4.13. The Labute approximate surface area is 158 Å². The van der Waals surface area contributed by atoms with E-state index in [-0.39, 0.29) is 16.9 Å². The summed E-state index contributed by atoms with van der Waals surface area (Å²) in [6, 6.07) is 22.9. The maximum atomic E-state index is 12.8. The van der Waals surface area contributed by atoms with Crippen LogP contribution in [0.15, 0.2) is 72.8 Å². The van der Waals surface area contributed by atoms with Crippen LogP contribution in [0.3, 0.4) is 0 Å². The maximum Gasteiger partial charge on any atom is 0.227 e. The van der Waals surface area contributed by atoms with Gasteiger partial charge in [-0.15, -0.1) is 12.6 Å². The van der Waals surface area contributed by atoms with Gasteiger partial charge in [-0.25, -0.2) is 0 Å². The lowest BCUT2D eigenvalue weighted by Crippen LogP contribution is -2.42. The molecule has 3 aromatic rings. The Morgan fingerprint density at radius 1 is 0.923 bits per heavy atom. The number of carbonyl (C=O) groups is 2. The van der Waals surface area contributed by atoms with Gasteiger partial charge in [0.15, 0.2) is 0 Å². The highest BCUT2D eigenvalue weighted by atomic mass is 32.1. The van der Waals surface area contributed by atoms with Gasteiger partial charge in [0, 0.05) is 6.42 Å². The molecule has 1 N–H and O–H groups in total. The Balaban J connectivity index is 1.79. The number of hydrogen-bond acceptors (Lipinski definition) is 2. The monoisotopic (exact) mass is 363 g/mol. The van der Waals surface area contributed by atoms with E-state index in [4.69, 9.17) is 0 Å². The van der Waals surface area contributed by atoms with Gasteiger partial charge in [0.05, 0.1) is 5.92 Å². The first-order valence-corrected chi connectivity index (χ1v) is 9.05. The van der Waals surface area contributed by atoms with Gasteiger partial charge >= 0.3 is 0 Å². The number of nitrogens with one attached hydrogen (secondary N) is 1. The van der Waals surface area contributed by atoms with E-state index in [0.717, 1.165) is 21.9 Å². The number of rotatable bonds is 6. The van der Waals surface area contributed by atoms with Crippen molar-refractivity contribution < 1.29 is 9.59 Å². The van der Waals surface area contributed by atoms with Crippen LogP contribution in [0.5, 0.6) is 0 Å². The number of amides is 1. The molecular weight excluding hydrogens is 342 g/mol. The summed E-state index contributed by atoms with van der Waals surface area (Å²) in [5.74, 6) is -0.545. The van der Waals surface area contributed by atoms with Crippen LogP contribution in [0.1, 0.15) is 24.0 Å². The molecule has 0 saturated heterocycles. The van der Waals surface area contributed by atoms with E-state index in [1.807, 2.05) is 79.7 Å². The maximum absolute atomic E-state index is 12.8. The SMILES string of the molecule is CC(C(=O)NC(Cc1ccccc1)C(=O)S)c1cccc2ccccc12. The number of benzene rings is 3. The molecule has 2 unspecified atom stereocenters. The molecule has 3 nitrogen and oxygen atoms in total. The Morgan fingerprint density at radius 3 is 2.31 bits per heavy atom. The van der Waals surface area contributed by atoms with Crippen molar-refractivity contribution in [3.63, 3.8) is 0 Å². The van der Waals surface area contributed by atoms with Crippen molar-refractivity contribution in [2.75, 3.05) is 0 Å². The first kappa shape index (κ1) is 18.2. The molecule has 0 bridgehead atoms. The summed E-state index contributed by atoms with van der Waals surface area (Å²) in [5.41, 5.74) is 1.93. The summed E-state index contributed by atoms with van der Waals surface area (Å²) in [4.78, 5) is 24.7. The third kappa shape index (κ3) is 4.14. The number of hydrogen-bond donors (Lipinski definition) is 2. The molecule has 0 heterocycles. The molecule has 0 saturated carbocycles. The van der Waals surface area contributed by atoms with Gasteiger partial charge in [-0.3, -0.25) is 9.59 Å². The predicted molar refractivity (Wildman–Crippen MR) is 108 cm³/mol. The Morgan fingerprint density at radius 2 is 1.58 bits per heavy atom. The highest BCUT2D eigenvalue weighted by Gasteiger charge is 2.23. The summed E-state index contributed by atoms with van der Waals surface area (Å²) in [7, 11) is 0. The van der Waals surface area contributed by atoms with Gasteiger partial charge in [-0.05, 0) is 28.8 Å². The molecule has 4 heteroatoms. The fourth-order valence-corrected chi connectivity index (χ4v) is 3.27. The molecule has 0 aliphatic heterocycles. The van der Waals surface area contributed by atoms with Crippen molar-refractivity contribution in [1.82, 2.24) is 5.32 Å². The normalized spacial score (nSPS) is 13.2. The zero-order chi connectivity index (χ0) is 18.5. The minimum absolute atomic E-state index is 0.176. The van der Waals surface area contributed by atoms with E-state index in [9.17, 15) is 9.59 Å². The van der Waals surface area contributed by atoms with Crippen LogP contribution in [-0.2, 0) is 16.0 Å². The Hall–Kier alpha value is -2.59. The van der Waals surface area contributed by atoms with Gasteiger partial charge in [-0.1, -0.05) is 72.8 Å². The molecule has 0 radical (unpaired) electrons. The van der Waals surface area contributed by atoms with E-state index in [2.05, 4.69) is 17.9 Å². The second kappa shape index (κ2) is 8.19. The van der Waals surface area contributed by atoms with Crippen LogP contribution in [0.2, 0.25) is 0 Å². The van der Waals surface area contributed by atoms with Crippen LogP contribution in [0.25, 0.3) is 10.8 Å². The van der Waals surface area contributed by atoms with E-state index >= 15 is 0 Å². The molecule has 132 valence electrons. The second-order valence-electron chi connectivity index (χ2n) is 6.38. The van der Waals surface area contributed by atoms with Crippen molar-refractivity contribution in [2.24, 2.45) is 0 Å². The molecule has 26 heavy (non-hydrogen) atoms. The average molecular weight is 363 g/mol. The molecule has 3 rings (SSSR count). The summed E-state index contributed by atoms with van der Waals surface area (Å²) < 4.78 is 0. The summed E-state index contributed by atoms with van der Waals surface area (Å²) in [6.07, 6.45) is 0.428.